The summed E-state index contributed by atoms with van der Waals surface area (Å²) in [7, 11) is -9.10. The number of likely N-dealkylation sites (N-methyl/N-ethyl adjacent to an activating group) is 1. The summed E-state index contributed by atoms with van der Waals surface area (Å²) in [4.78, 5) is 86.3. The Balaban J connectivity index is 1.45. The van der Waals surface area contributed by atoms with Crippen molar-refractivity contribution in [2.45, 2.75) is 80.9 Å². The van der Waals surface area contributed by atoms with Crippen molar-refractivity contribution in [1.29, 1.82) is 0 Å². The van der Waals surface area contributed by atoms with Crippen molar-refractivity contribution >= 4 is 50.1 Å². The van der Waals surface area contributed by atoms with E-state index in [-0.39, 0.29) is 42.4 Å². The number of ether oxygens (including phenoxy) is 4. The molecule has 1 unspecified atom stereocenters. The second kappa shape index (κ2) is 18.8. The smallest absolute Gasteiger partial charge is 0.455 e. The molecule has 9 N–H and O–H groups in total. The summed E-state index contributed by atoms with van der Waals surface area (Å²) in [5, 5.41) is 23.0. The van der Waals surface area contributed by atoms with Crippen LogP contribution >= 0.6 is 15.4 Å². The zero-order valence-corrected chi connectivity index (χ0v) is 32.9. The van der Waals surface area contributed by atoms with Crippen LogP contribution in [0.4, 0.5) is 11.6 Å². The van der Waals surface area contributed by atoms with Crippen LogP contribution in [0.1, 0.15) is 38.6 Å². The maximum Gasteiger partial charge on any atom is 0.469 e. The molecule has 5 heterocycles. The van der Waals surface area contributed by atoms with Gasteiger partial charge in [-0.15, -0.1) is 6.58 Å². The maximum absolute atomic E-state index is 14.1. The minimum Gasteiger partial charge on any atom is -0.455 e. The first-order valence-electron chi connectivity index (χ1n) is 17.6. The lowest BCUT2D eigenvalue weighted by molar-refractivity contribution is -0.167. The fraction of sp³-hybridized carbons (Fsp3) is 0.581. The van der Waals surface area contributed by atoms with Crippen molar-refractivity contribution < 1.29 is 71.6 Å². The Morgan fingerprint density at radius 1 is 1.05 bits per heavy atom. The number of phosphoric ester groups is 1. The molecule has 3 aromatic heterocycles. The van der Waals surface area contributed by atoms with E-state index in [1.807, 2.05) is 6.92 Å². The Hall–Kier alpha value is -4.23. The van der Waals surface area contributed by atoms with Gasteiger partial charge in [0, 0.05) is 26.3 Å². The van der Waals surface area contributed by atoms with Gasteiger partial charge in [0.1, 0.15) is 47.7 Å². The SMILES string of the molecule is C=CCCC(=O)N(C)[C@@H](COCCC)C(=O)O[C@H]1[C@@H](O)[C@H](n2cnc3c(N)ncnc32)O[C@@H]1COP(=O)(O)[C@H]1[C@@H](O)[C@H](n2ccc(N)nc2=O)O[C@@H]1COP(=O)(O)O. The first-order valence-corrected chi connectivity index (χ1v) is 20.8. The molecule has 2 saturated heterocycles. The van der Waals surface area contributed by atoms with Crippen LogP contribution in [-0.4, -0.2) is 146 Å². The highest BCUT2D eigenvalue weighted by molar-refractivity contribution is 7.53. The van der Waals surface area contributed by atoms with Gasteiger partial charge < -0.3 is 64.7 Å². The summed E-state index contributed by atoms with van der Waals surface area (Å²) in [6.45, 7) is 3.37. The first kappa shape index (κ1) is 44.9. The van der Waals surface area contributed by atoms with Gasteiger partial charge in [-0.1, -0.05) is 13.0 Å². The van der Waals surface area contributed by atoms with Gasteiger partial charge in [0.05, 0.1) is 26.1 Å². The number of esters is 1. The average molecular weight is 862 g/mol. The molecule has 5 rings (SSSR count). The minimum absolute atomic E-state index is 0.00987. The number of aliphatic hydroxyl groups excluding tert-OH is 2. The molecule has 0 saturated carbocycles. The first-order chi connectivity index (χ1) is 27.4. The Kier molecular flexibility index (Phi) is 14.5. The van der Waals surface area contributed by atoms with E-state index in [1.165, 1.54) is 30.1 Å². The minimum atomic E-state index is -5.26. The lowest BCUT2D eigenvalue weighted by Crippen LogP contribution is -2.49. The molecule has 0 bridgehead atoms. The largest absolute Gasteiger partial charge is 0.469 e. The molecule has 320 valence electrons. The number of anilines is 2. The standard InChI is InChI=1S/C31H45N9O16P2/c1-4-6-7-20(41)38(3)16(11-51-10-5-2)30(44)56-24-17(54-28(22(24)42)40-15-36-21-26(33)34-14-35-27(21)40)12-52-57(46,47)25-18(13-53-58(48,49)50)55-29(23(25)43)39-9-8-19(32)37-31(39)45/h4,8-9,14-18,22-25,28-29,42-43H,1,5-7,10-13H2,2-3H3,(H,46,47)(H2,32,37,45)(H2,33,34,35)(H2,48,49,50)/t16-,17+,18+,22+,23+,24+,25+,28+,29+/m0/s1. The van der Waals surface area contributed by atoms with Crippen molar-refractivity contribution in [3.63, 3.8) is 0 Å². The number of amides is 1. The number of hydrogen-bond acceptors (Lipinski definition) is 19. The van der Waals surface area contributed by atoms with Gasteiger partial charge in [0.2, 0.25) is 5.91 Å². The zero-order valence-electron chi connectivity index (χ0n) is 31.1. The molecule has 27 heteroatoms. The van der Waals surface area contributed by atoms with Crippen molar-refractivity contribution in [2.24, 2.45) is 0 Å². The third kappa shape index (κ3) is 10.1. The Labute approximate surface area is 329 Å². The highest BCUT2D eigenvalue weighted by Gasteiger charge is 2.56. The number of imidazole rings is 1. The van der Waals surface area contributed by atoms with Crippen molar-refractivity contribution in [3.05, 3.63) is 48.1 Å². The zero-order chi connectivity index (χ0) is 42.5. The lowest BCUT2D eigenvalue weighted by Gasteiger charge is -2.30. The Morgan fingerprint density at radius 2 is 1.74 bits per heavy atom. The summed E-state index contributed by atoms with van der Waals surface area (Å²) in [5.74, 6) is -1.70. The highest BCUT2D eigenvalue weighted by atomic mass is 31.2. The van der Waals surface area contributed by atoms with E-state index in [1.54, 1.807) is 0 Å². The van der Waals surface area contributed by atoms with Crippen LogP contribution in [0.25, 0.3) is 11.2 Å². The Bertz CT molecular complexity index is 2100. The molecular weight excluding hydrogens is 816 g/mol. The average Bonchev–Trinajstić information content (AvgIpc) is 3.83. The van der Waals surface area contributed by atoms with Crippen molar-refractivity contribution in [2.75, 3.05) is 44.9 Å². The molecule has 25 nitrogen and oxygen atoms in total. The Morgan fingerprint density at radius 3 is 2.41 bits per heavy atom. The quantitative estimate of drug-likeness (QED) is 0.0314. The van der Waals surface area contributed by atoms with Gasteiger partial charge in [-0.25, -0.2) is 29.1 Å². The summed E-state index contributed by atoms with van der Waals surface area (Å²) in [6, 6.07) is -0.160. The molecule has 0 aromatic carbocycles. The van der Waals surface area contributed by atoms with Gasteiger partial charge >= 0.3 is 27.1 Å². The molecule has 2 fully saturated rings. The van der Waals surface area contributed by atoms with Crippen molar-refractivity contribution in [1.82, 2.24) is 34.0 Å². The predicted octanol–water partition coefficient (Wildman–Crippen LogP) is -1.42. The number of aromatic nitrogens is 6. The summed E-state index contributed by atoms with van der Waals surface area (Å²) in [5.41, 5.74) is 8.63. The topological polar surface area (TPSA) is 359 Å². The molecule has 0 radical (unpaired) electrons. The van der Waals surface area contributed by atoms with Gasteiger partial charge in [-0.2, -0.15) is 4.98 Å². The van der Waals surface area contributed by atoms with E-state index in [4.69, 9.17) is 34.9 Å². The van der Waals surface area contributed by atoms with E-state index < -0.39 is 101 Å². The number of nitrogens with two attached hydrogens (primary N) is 2. The molecule has 2 aliphatic heterocycles. The maximum atomic E-state index is 14.1. The number of rotatable bonds is 19. The fourth-order valence-corrected chi connectivity index (χ4v) is 8.29. The number of aliphatic hydroxyl groups is 2. The second-order valence-electron chi connectivity index (χ2n) is 13.2. The lowest BCUT2D eigenvalue weighted by atomic mass is 10.1. The summed E-state index contributed by atoms with van der Waals surface area (Å²) in [6.07, 6.45) is -6.24. The van der Waals surface area contributed by atoms with E-state index >= 15 is 0 Å². The molecular formula is C31H45N9O16P2. The third-order valence-corrected chi connectivity index (χ3v) is 11.6. The third-order valence-electron chi connectivity index (χ3n) is 9.21. The van der Waals surface area contributed by atoms with Crippen LogP contribution in [0.15, 0.2) is 42.4 Å². The number of hydrogen-bond donors (Lipinski definition) is 7. The number of allylic oxidation sites excluding steroid dienone is 1. The van der Waals surface area contributed by atoms with E-state index in [9.17, 15) is 48.4 Å². The molecule has 0 spiro atoms. The summed E-state index contributed by atoms with van der Waals surface area (Å²) >= 11 is 0. The van der Waals surface area contributed by atoms with Crippen LogP contribution in [-0.2, 0) is 46.7 Å². The number of carbonyl (C=O) groups is 2. The normalized spacial score (nSPS) is 26.3. The molecule has 2 aliphatic rings. The number of fused-ring (bicyclic) bond motifs is 1. The molecule has 3 aromatic rings. The number of nitrogens with zero attached hydrogens (tertiary/aromatic N) is 7. The molecule has 1 amide bonds. The monoisotopic (exact) mass is 861 g/mol. The molecule has 58 heavy (non-hydrogen) atoms. The van der Waals surface area contributed by atoms with Crippen LogP contribution < -0.4 is 17.2 Å². The van der Waals surface area contributed by atoms with E-state index in [0.29, 0.717) is 12.8 Å². The molecule has 10 atom stereocenters. The van der Waals surface area contributed by atoms with E-state index in [0.717, 1.165) is 22.0 Å². The van der Waals surface area contributed by atoms with Gasteiger partial charge in [0.25, 0.3) is 0 Å². The predicted molar refractivity (Wildman–Crippen MR) is 197 cm³/mol. The van der Waals surface area contributed by atoms with Crippen LogP contribution in [0, 0.1) is 0 Å². The van der Waals surface area contributed by atoms with Crippen molar-refractivity contribution in [3.8, 4) is 0 Å². The van der Waals surface area contributed by atoms with Gasteiger partial charge in [0.15, 0.2) is 36.1 Å². The summed E-state index contributed by atoms with van der Waals surface area (Å²) < 4.78 is 60.7. The number of nitrogen functional groups attached to an aromatic ring is 2. The van der Waals surface area contributed by atoms with Gasteiger partial charge in [-0.3, -0.25) is 23.0 Å². The second-order valence-corrected chi connectivity index (χ2v) is 16.4. The van der Waals surface area contributed by atoms with Crippen LogP contribution in [0.3, 0.4) is 0 Å². The van der Waals surface area contributed by atoms with E-state index in [2.05, 4.69) is 31.0 Å². The highest BCUT2D eigenvalue weighted by Crippen LogP contribution is 2.56. The molecule has 0 aliphatic carbocycles. The van der Waals surface area contributed by atoms with Crippen LogP contribution in [0.2, 0.25) is 0 Å². The number of carbonyl (C=O) groups excluding carboxylic acids is 2. The van der Waals surface area contributed by atoms with Crippen LogP contribution in [0.5, 0.6) is 0 Å². The number of phosphoric acid groups is 1. The fourth-order valence-electron chi connectivity index (χ4n) is 6.31. The van der Waals surface area contributed by atoms with Gasteiger partial charge in [-0.05, 0) is 18.9 Å².